The second kappa shape index (κ2) is 3.38. The van der Waals surface area contributed by atoms with Gasteiger partial charge in [-0.15, -0.1) is 0 Å². The Morgan fingerprint density at radius 1 is 2.00 bits per heavy atom. The Balaban J connectivity index is 2.93. The molecule has 0 aromatic rings. The Hall–Kier alpha value is -0.620. The average Bonchev–Trinajstić information content (AvgIpc) is 1.41. The van der Waals surface area contributed by atoms with E-state index in [-0.39, 0.29) is 0 Å². The highest BCUT2D eigenvalue weighted by atomic mass is 16.2. The molecule has 0 aromatic carbocycles. The highest BCUT2D eigenvalue weighted by Gasteiger charge is 1.70. The van der Waals surface area contributed by atoms with Crippen LogP contribution in [-0.4, -0.2) is 6.21 Å². The van der Waals surface area contributed by atoms with Gasteiger partial charge < -0.3 is 0 Å². The predicted molar refractivity (Wildman–Crippen MR) is 21.9 cm³/mol. The van der Waals surface area contributed by atoms with E-state index in [0.29, 0.717) is 0 Å². The fourth-order valence-electron chi connectivity index (χ4n) is 0.0745. The fraction of sp³-hybridized carbons (Fsp3) is 0.667. The molecule has 0 amide bonds. The molecule has 0 saturated heterocycles. The number of nitroso groups, excluding NO2 is 1. The van der Waals surface area contributed by atoms with Gasteiger partial charge in [-0.25, -0.2) is 0 Å². The lowest BCUT2D eigenvalue weighted by Gasteiger charge is -1.42. The molecule has 0 aliphatic rings. The van der Waals surface area contributed by atoms with Crippen LogP contribution < -0.4 is 4.85 Å². The monoisotopic (exact) mass is 72.0 g/mol. The van der Waals surface area contributed by atoms with E-state index in [2.05, 4.69) is 4.85 Å². The van der Waals surface area contributed by atoms with E-state index in [1.807, 2.05) is 6.92 Å². The zero-order chi connectivity index (χ0) is 4.12. The van der Waals surface area contributed by atoms with Crippen LogP contribution in [0, 0.1) is 4.91 Å². The Labute approximate surface area is 30.5 Å². The summed E-state index contributed by atoms with van der Waals surface area (Å²) < 4.78 is 0. The van der Waals surface area contributed by atoms with Crippen molar-refractivity contribution in [2.24, 2.45) is 0 Å². The van der Waals surface area contributed by atoms with E-state index in [1.54, 1.807) is 0 Å². The molecule has 0 aliphatic carbocycles. The molecule has 0 unspecified atom stereocenters. The van der Waals surface area contributed by atoms with Gasteiger partial charge in [-0.3, -0.25) is 0 Å². The number of hydrogen-bond acceptors (Lipinski definition) is 1. The van der Waals surface area contributed by atoms with Crippen molar-refractivity contribution in [1.82, 2.24) is 4.85 Å². The lowest BCUT2D eigenvalue weighted by molar-refractivity contribution is 1.31. The van der Waals surface area contributed by atoms with E-state index >= 15 is 0 Å². The average molecular weight is 72.1 g/mol. The van der Waals surface area contributed by atoms with Crippen LogP contribution in [0.4, 0.5) is 0 Å². The van der Waals surface area contributed by atoms with E-state index in [1.165, 1.54) is 6.21 Å². The predicted octanol–water partition coefficient (Wildman–Crippen LogP) is 0.301. The number of rotatable bonds is 1. The van der Waals surface area contributed by atoms with E-state index < -0.39 is 0 Å². The highest BCUT2D eigenvalue weighted by molar-refractivity contribution is 5.54. The van der Waals surface area contributed by atoms with Crippen LogP contribution in [0.1, 0.15) is 13.3 Å². The first-order valence-electron chi connectivity index (χ1n) is 1.56. The minimum absolute atomic E-state index is 0.740. The molecule has 0 rings (SSSR count). The molecular formula is C3H6NO+. The molecule has 2 heteroatoms. The molecule has 28 valence electrons. The third-order valence-corrected chi connectivity index (χ3v) is 0.257. The summed E-state index contributed by atoms with van der Waals surface area (Å²) in [6.45, 7) is 1.86. The Morgan fingerprint density at radius 3 is 2.60 bits per heavy atom. The second-order valence-electron chi connectivity index (χ2n) is 0.696. The van der Waals surface area contributed by atoms with Crippen molar-refractivity contribution in [1.29, 1.82) is 0 Å². The summed E-state index contributed by atoms with van der Waals surface area (Å²) in [5.41, 5.74) is 0. The minimum atomic E-state index is 0.740. The zero-order valence-electron chi connectivity index (χ0n) is 3.14. The summed E-state index contributed by atoms with van der Waals surface area (Å²) in [5.74, 6) is 0. The Kier molecular flexibility index (Phi) is 2.96. The smallest absolute Gasteiger partial charge is 0.0547 e. The SMILES string of the molecule is CCC=[N+]=O. The topological polar surface area (TPSA) is 31.2 Å². The summed E-state index contributed by atoms with van der Waals surface area (Å²) in [4.78, 5) is 11.6. The molecule has 0 bridgehead atoms. The van der Waals surface area contributed by atoms with Crippen molar-refractivity contribution in [2.45, 2.75) is 13.3 Å². The fourth-order valence-corrected chi connectivity index (χ4v) is 0.0745. The minimum Gasteiger partial charge on any atom is -0.0547 e. The summed E-state index contributed by atoms with van der Waals surface area (Å²) in [5, 5.41) is 0. The Morgan fingerprint density at radius 2 is 2.60 bits per heavy atom. The normalized spacial score (nSPS) is 5.80. The first-order valence-corrected chi connectivity index (χ1v) is 1.56. The summed E-state index contributed by atoms with van der Waals surface area (Å²) in [6, 6.07) is 0. The van der Waals surface area contributed by atoms with Gasteiger partial charge in [0.15, 0.2) is 4.91 Å². The maximum Gasteiger partial charge on any atom is 0.338 e. The molecule has 0 N–H and O–H groups in total. The maximum atomic E-state index is 9.10. The van der Waals surface area contributed by atoms with E-state index in [0.717, 1.165) is 6.42 Å². The first kappa shape index (κ1) is 4.38. The molecule has 0 fully saturated rings. The van der Waals surface area contributed by atoms with Crippen LogP contribution in [0.2, 0.25) is 0 Å². The quantitative estimate of drug-likeness (QED) is 0.324. The van der Waals surface area contributed by atoms with Crippen molar-refractivity contribution in [3.63, 3.8) is 0 Å². The van der Waals surface area contributed by atoms with Gasteiger partial charge in [0.05, 0.1) is 0 Å². The van der Waals surface area contributed by atoms with Crippen LogP contribution in [0.3, 0.4) is 0 Å². The van der Waals surface area contributed by atoms with Crippen LogP contribution in [0.15, 0.2) is 0 Å². The third-order valence-electron chi connectivity index (χ3n) is 0.257. The molecule has 0 aliphatic heterocycles. The summed E-state index contributed by atoms with van der Waals surface area (Å²) >= 11 is 0. The third kappa shape index (κ3) is 3.38. The molecular weight excluding hydrogens is 66.0 g/mol. The van der Waals surface area contributed by atoms with Gasteiger partial charge in [0.1, 0.15) is 0 Å². The van der Waals surface area contributed by atoms with Crippen molar-refractivity contribution >= 4 is 6.21 Å². The van der Waals surface area contributed by atoms with E-state index in [9.17, 15) is 0 Å². The first-order chi connectivity index (χ1) is 2.41. The van der Waals surface area contributed by atoms with Crippen molar-refractivity contribution in [2.75, 3.05) is 0 Å². The molecule has 5 heavy (non-hydrogen) atoms. The lowest BCUT2D eigenvalue weighted by atomic mass is 10.6. The van der Waals surface area contributed by atoms with Crippen LogP contribution >= 0.6 is 0 Å². The number of nitrogens with zero attached hydrogens (tertiary/aromatic N) is 1. The van der Waals surface area contributed by atoms with Crippen LogP contribution in [-0.2, 0) is 0 Å². The van der Waals surface area contributed by atoms with Gasteiger partial charge in [-0.1, -0.05) is 6.92 Å². The molecule has 0 radical (unpaired) electrons. The maximum absolute atomic E-state index is 9.10. The van der Waals surface area contributed by atoms with Gasteiger partial charge >= 0.3 is 6.21 Å². The van der Waals surface area contributed by atoms with Gasteiger partial charge in [0, 0.05) is 6.42 Å². The highest BCUT2D eigenvalue weighted by Crippen LogP contribution is 1.53. The van der Waals surface area contributed by atoms with Gasteiger partial charge in [0.25, 0.3) is 0 Å². The lowest BCUT2D eigenvalue weighted by Crippen LogP contribution is -1.65. The second-order valence-corrected chi connectivity index (χ2v) is 0.696. The number of hydrogen-bond donors (Lipinski definition) is 0. The van der Waals surface area contributed by atoms with Gasteiger partial charge in [-0.2, -0.15) is 0 Å². The van der Waals surface area contributed by atoms with Gasteiger partial charge in [-0.05, 0) is 0 Å². The molecule has 0 spiro atoms. The van der Waals surface area contributed by atoms with Crippen molar-refractivity contribution in [3.8, 4) is 0 Å². The van der Waals surface area contributed by atoms with Crippen LogP contribution in [0.25, 0.3) is 0 Å². The van der Waals surface area contributed by atoms with E-state index in [4.69, 9.17) is 4.91 Å². The van der Waals surface area contributed by atoms with Crippen LogP contribution in [0.5, 0.6) is 0 Å². The van der Waals surface area contributed by atoms with Gasteiger partial charge in [0.2, 0.25) is 4.85 Å². The zero-order valence-corrected chi connectivity index (χ0v) is 3.14. The van der Waals surface area contributed by atoms with Crippen molar-refractivity contribution in [3.05, 3.63) is 4.91 Å². The molecule has 2 nitrogen and oxygen atoms in total. The standard InChI is InChI=1S/C3H6NO/c1-2-3-4-5/h3H,2H2,1H3/q+1. The Bertz CT molecular complexity index is 53.9. The molecule has 0 heterocycles. The summed E-state index contributed by atoms with van der Waals surface area (Å²) in [7, 11) is 0. The molecule has 0 saturated carbocycles. The largest absolute Gasteiger partial charge is 0.338 e. The molecule has 0 atom stereocenters. The molecule has 0 aromatic heterocycles. The van der Waals surface area contributed by atoms with Crippen molar-refractivity contribution < 1.29 is 0 Å². The summed E-state index contributed by atoms with van der Waals surface area (Å²) in [6.07, 6.45) is 2.06.